The smallest absolute Gasteiger partial charge is 0.424 e. The zero-order chi connectivity index (χ0) is 22.7. The number of rotatable bonds is 7. The topological polar surface area (TPSA) is 97.5 Å². The molecule has 0 aliphatic heterocycles. The van der Waals surface area contributed by atoms with Gasteiger partial charge in [0, 0.05) is 16.5 Å². The fourth-order valence-electron chi connectivity index (χ4n) is 5.14. The maximum atomic E-state index is 12.4. The number of aliphatic hydroxyl groups is 1. The van der Waals surface area contributed by atoms with Gasteiger partial charge in [0.25, 0.3) is 0 Å². The minimum absolute atomic E-state index is 0.0517. The molecule has 4 aliphatic carbocycles. The molecule has 2 aromatic rings. The monoisotopic (exact) mass is 471 g/mol. The Labute approximate surface area is 186 Å². The highest BCUT2D eigenvalue weighted by Crippen LogP contribution is 2.67. The van der Waals surface area contributed by atoms with Crippen LogP contribution in [0.5, 0.6) is 0 Å². The van der Waals surface area contributed by atoms with Gasteiger partial charge in [0.05, 0.1) is 24.0 Å². The first-order valence-corrected chi connectivity index (χ1v) is 10.8. The van der Waals surface area contributed by atoms with Crippen LogP contribution in [0, 0.1) is 0 Å². The zero-order valence-corrected chi connectivity index (χ0v) is 17.6. The van der Waals surface area contributed by atoms with Crippen molar-refractivity contribution in [3.8, 4) is 0 Å². The molecule has 4 fully saturated rings. The first-order valence-electron chi connectivity index (χ1n) is 10.4. The number of hydrogen-bond acceptors (Lipinski definition) is 6. The molecular formula is C21H21ClF3N3O4. The Hall–Kier alpha value is -2.17. The fourth-order valence-corrected chi connectivity index (χ4v) is 5.26. The normalized spacial score (nSPS) is 31.8. The summed E-state index contributed by atoms with van der Waals surface area (Å²) < 4.78 is 46.5. The maximum absolute atomic E-state index is 12.4. The summed E-state index contributed by atoms with van der Waals surface area (Å²) in [5.74, 6) is 0.358. The summed E-state index contributed by atoms with van der Waals surface area (Å²) >= 11 is 5.84. The highest BCUT2D eigenvalue weighted by molar-refractivity contribution is 6.30. The lowest BCUT2D eigenvalue weighted by Gasteiger charge is -2.68. The van der Waals surface area contributed by atoms with Gasteiger partial charge in [-0.25, -0.2) is 0 Å². The molecule has 32 heavy (non-hydrogen) atoms. The maximum Gasteiger partial charge on any atom is 0.522 e. The van der Waals surface area contributed by atoms with E-state index in [1.807, 2.05) is 0 Å². The van der Waals surface area contributed by atoms with Crippen molar-refractivity contribution in [3.05, 3.63) is 46.6 Å². The first-order chi connectivity index (χ1) is 15.0. The van der Waals surface area contributed by atoms with E-state index in [-0.39, 0.29) is 42.0 Å². The molecular weight excluding hydrogens is 451 g/mol. The number of carbonyl (C=O) groups is 1. The molecule has 0 radical (unpaired) electrons. The van der Waals surface area contributed by atoms with Crippen LogP contribution in [-0.2, 0) is 14.9 Å². The number of ether oxygens (including phenoxy) is 1. The molecule has 1 amide bonds. The van der Waals surface area contributed by atoms with Crippen LogP contribution in [0.4, 0.5) is 13.2 Å². The number of carbonyl (C=O) groups excluding carboxylic acids is 1. The van der Waals surface area contributed by atoms with E-state index in [0.29, 0.717) is 41.6 Å². The molecule has 0 spiro atoms. The molecule has 1 aromatic carbocycles. The number of nitrogens with zero attached hydrogens (tertiary/aromatic N) is 2. The van der Waals surface area contributed by atoms with Crippen molar-refractivity contribution in [3.63, 3.8) is 0 Å². The molecule has 2 bridgehead atoms. The number of hydrogen-bond donors (Lipinski definition) is 2. The third kappa shape index (κ3) is 3.99. The van der Waals surface area contributed by atoms with Gasteiger partial charge in [-0.3, -0.25) is 9.53 Å². The van der Waals surface area contributed by atoms with E-state index in [4.69, 9.17) is 16.0 Å². The van der Waals surface area contributed by atoms with Crippen molar-refractivity contribution < 1.29 is 32.2 Å². The Bertz CT molecular complexity index is 1000. The highest BCUT2D eigenvalue weighted by Gasteiger charge is 2.71. The summed E-state index contributed by atoms with van der Waals surface area (Å²) in [4.78, 5) is 12.4. The molecule has 6 rings (SSSR count). The summed E-state index contributed by atoms with van der Waals surface area (Å²) in [6.45, 7) is 0. The van der Waals surface area contributed by atoms with E-state index in [9.17, 15) is 23.1 Å². The minimum atomic E-state index is -4.63. The third-order valence-corrected chi connectivity index (χ3v) is 6.96. The summed E-state index contributed by atoms with van der Waals surface area (Å²) in [6.07, 6.45) is -4.09. The number of alkyl halides is 3. The van der Waals surface area contributed by atoms with Crippen LogP contribution in [-0.4, -0.2) is 39.2 Å². The SMILES string of the molecule is O=C(C[C@H](O)c1ccc(Cl)cc1)NC12CC(c3nnc(C4CC(OC(F)(F)F)C4)o3)(C1)C2. The molecule has 1 heterocycles. The number of nitrogens with one attached hydrogen (secondary N) is 1. The quantitative estimate of drug-likeness (QED) is 0.635. The van der Waals surface area contributed by atoms with Crippen molar-refractivity contribution in [1.29, 1.82) is 0 Å². The lowest BCUT2D eigenvalue weighted by molar-refractivity contribution is -0.352. The zero-order valence-electron chi connectivity index (χ0n) is 16.9. The Balaban J connectivity index is 1.10. The minimum Gasteiger partial charge on any atom is -0.424 e. The second-order valence-corrected chi connectivity index (χ2v) is 9.65. The van der Waals surface area contributed by atoms with Gasteiger partial charge in [-0.15, -0.1) is 23.4 Å². The predicted octanol–water partition coefficient (Wildman–Crippen LogP) is 3.92. The van der Waals surface area contributed by atoms with E-state index >= 15 is 0 Å². The number of aliphatic hydroxyl groups excluding tert-OH is 1. The van der Waals surface area contributed by atoms with Gasteiger partial charge in [0.15, 0.2) is 0 Å². The fraction of sp³-hybridized carbons (Fsp3) is 0.571. The standard InChI is InChI=1S/C21H21ClF3N3O4/c22-13-3-1-11(2-4-13)15(29)7-16(30)26-20-8-19(9-20,10-20)18-28-27-17(31-18)12-5-14(6-12)32-21(23,24)25/h1-4,12,14-15,29H,5-10H2,(H,26,30)/t12?,14?,15-,19?,20?/m0/s1. The van der Waals surface area contributed by atoms with E-state index in [0.717, 1.165) is 0 Å². The average molecular weight is 472 g/mol. The molecule has 1 aromatic heterocycles. The van der Waals surface area contributed by atoms with Crippen molar-refractivity contribution in [2.45, 2.75) is 74.0 Å². The number of amides is 1. The molecule has 0 unspecified atom stereocenters. The Morgan fingerprint density at radius 1 is 1.25 bits per heavy atom. The van der Waals surface area contributed by atoms with E-state index < -0.39 is 18.6 Å². The number of benzene rings is 1. The van der Waals surface area contributed by atoms with E-state index in [1.54, 1.807) is 24.3 Å². The lowest BCUT2D eigenvalue weighted by atomic mass is 9.39. The van der Waals surface area contributed by atoms with Crippen molar-refractivity contribution in [2.24, 2.45) is 0 Å². The summed E-state index contributed by atoms with van der Waals surface area (Å²) in [5.41, 5.74) is 0.0165. The number of aromatic nitrogens is 2. The second kappa shape index (κ2) is 7.43. The Kier molecular flexibility index (Phi) is 5.03. The van der Waals surface area contributed by atoms with Crippen LogP contribution in [0.15, 0.2) is 28.7 Å². The van der Waals surface area contributed by atoms with E-state index in [2.05, 4.69) is 20.3 Å². The Morgan fingerprint density at radius 3 is 2.53 bits per heavy atom. The highest BCUT2D eigenvalue weighted by atomic mass is 35.5. The van der Waals surface area contributed by atoms with Crippen LogP contribution in [0.1, 0.15) is 67.9 Å². The first kappa shape index (κ1) is 21.7. The molecule has 0 saturated heterocycles. The van der Waals surface area contributed by atoms with Gasteiger partial charge in [0.2, 0.25) is 17.7 Å². The summed E-state index contributed by atoms with van der Waals surface area (Å²) in [7, 11) is 0. The van der Waals surface area contributed by atoms with Crippen LogP contribution >= 0.6 is 11.6 Å². The van der Waals surface area contributed by atoms with Gasteiger partial charge in [-0.05, 0) is 49.8 Å². The number of halogens is 4. The van der Waals surface area contributed by atoms with Crippen molar-refractivity contribution in [1.82, 2.24) is 15.5 Å². The lowest BCUT2D eigenvalue weighted by Crippen LogP contribution is -2.76. The van der Waals surface area contributed by atoms with Gasteiger partial charge >= 0.3 is 6.36 Å². The third-order valence-electron chi connectivity index (χ3n) is 6.71. The predicted molar refractivity (Wildman–Crippen MR) is 105 cm³/mol. The van der Waals surface area contributed by atoms with E-state index in [1.165, 1.54) is 0 Å². The summed E-state index contributed by atoms with van der Waals surface area (Å²) in [6, 6.07) is 6.69. The van der Waals surface area contributed by atoms with Gasteiger partial charge < -0.3 is 14.8 Å². The van der Waals surface area contributed by atoms with Gasteiger partial charge in [-0.1, -0.05) is 23.7 Å². The average Bonchev–Trinajstić information content (AvgIpc) is 3.08. The molecule has 2 N–H and O–H groups in total. The Morgan fingerprint density at radius 2 is 1.91 bits per heavy atom. The molecule has 11 heteroatoms. The molecule has 1 atom stereocenters. The van der Waals surface area contributed by atoms with Crippen molar-refractivity contribution in [2.75, 3.05) is 0 Å². The second-order valence-electron chi connectivity index (χ2n) is 9.21. The van der Waals surface area contributed by atoms with Crippen LogP contribution in [0.2, 0.25) is 5.02 Å². The molecule has 7 nitrogen and oxygen atoms in total. The summed E-state index contributed by atoms with van der Waals surface area (Å²) in [5, 5.41) is 22.0. The van der Waals surface area contributed by atoms with Crippen LogP contribution in [0.25, 0.3) is 0 Å². The van der Waals surface area contributed by atoms with Crippen LogP contribution in [0.3, 0.4) is 0 Å². The van der Waals surface area contributed by atoms with Gasteiger partial charge in [0.1, 0.15) is 0 Å². The molecule has 4 saturated carbocycles. The molecule has 4 aliphatic rings. The van der Waals surface area contributed by atoms with Crippen molar-refractivity contribution >= 4 is 17.5 Å². The van der Waals surface area contributed by atoms with Crippen LogP contribution < -0.4 is 5.32 Å². The largest absolute Gasteiger partial charge is 0.522 e. The van der Waals surface area contributed by atoms with Gasteiger partial charge in [-0.2, -0.15) is 0 Å². The molecule has 172 valence electrons.